The lowest BCUT2D eigenvalue weighted by Gasteiger charge is -2.08. The maximum Gasteiger partial charge on any atom is 0.137 e. The van der Waals surface area contributed by atoms with Crippen LogP contribution in [0.15, 0.2) is 53.7 Å². The molecule has 3 rings (SSSR count). The average Bonchev–Trinajstić information content (AvgIpc) is 2.91. The van der Waals surface area contributed by atoms with E-state index in [1.807, 2.05) is 60.1 Å². The van der Waals surface area contributed by atoms with E-state index in [0.29, 0.717) is 6.61 Å². The lowest BCUT2D eigenvalue weighted by atomic mass is 10.3. The van der Waals surface area contributed by atoms with E-state index in [-0.39, 0.29) is 0 Å². The van der Waals surface area contributed by atoms with Crippen LogP contribution < -0.4 is 10.5 Å². The number of imidazole rings is 1. The van der Waals surface area contributed by atoms with Crippen molar-refractivity contribution in [3.63, 3.8) is 0 Å². The van der Waals surface area contributed by atoms with Crippen molar-refractivity contribution >= 4 is 23.1 Å². The number of aromatic nitrogens is 2. The van der Waals surface area contributed by atoms with E-state index in [9.17, 15) is 0 Å². The Balaban J connectivity index is 1.76. The average molecular weight is 299 g/mol. The summed E-state index contributed by atoms with van der Waals surface area (Å²) in [6.07, 6.45) is 4.05. The van der Waals surface area contributed by atoms with Crippen molar-refractivity contribution in [2.24, 2.45) is 0 Å². The molecule has 0 aliphatic carbocycles. The topological polar surface area (TPSA) is 52.5 Å². The molecule has 0 spiro atoms. The Morgan fingerprint density at radius 1 is 1.29 bits per heavy atom. The molecular formula is C16H17N3OS. The van der Waals surface area contributed by atoms with Gasteiger partial charge in [-0.1, -0.05) is 6.07 Å². The van der Waals surface area contributed by atoms with Crippen LogP contribution in [-0.4, -0.2) is 16.0 Å². The number of thioether (sulfide) groups is 1. The van der Waals surface area contributed by atoms with Gasteiger partial charge in [-0.25, -0.2) is 4.98 Å². The molecule has 0 bridgehead atoms. The summed E-state index contributed by atoms with van der Waals surface area (Å²) in [6.45, 7) is 2.63. The molecule has 0 aliphatic rings. The van der Waals surface area contributed by atoms with Gasteiger partial charge in [-0.15, -0.1) is 11.8 Å². The number of fused-ring (bicyclic) bond motifs is 1. The van der Waals surface area contributed by atoms with Crippen molar-refractivity contribution in [3.8, 4) is 5.75 Å². The number of pyridine rings is 1. The van der Waals surface area contributed by atoms with Gasteiger partial charge in [0.15, 0.2) is 0 Å². The van der Waals surface area contributed by atoms with Gasteiger partial charge in [0.25, 0.3) is 0 Å². The number of nitrogens with two attached hydrogens (primary N) is 1. The fourth-order valence-corrected chi connectivity index (χ4v) is 2.98. The quantitative estimate of drug-likeness (QED) is 0.577. The number of rotatable bonds is 5. The number of anilines is 1. The molecule has 5 heteroatoms. The van der Waals surface area contributed by atoms with Gasteiger partial charge in [0.2, 0.25) is 0 Å². The summed E-state index contributed by atoms with van der Waals surface area (Å²) in [5, 5.41) is 0. The monoisotopic (exact) mass is 299 g/mol. The van der Waals surface area contributed by atoms with Crippen molar-refractivity contribution in [1.82, 2.24) is 9.38 Å². The molecule has 0 aliphatic heterocycles. The summed E-state index contributed by atoms with van der Waals surface area (Å²) < 4.78 is 7.54. The molecule has 4 nitrogen and oxygen atoms in total. The second kappa shape index (κ2) is 6.10. The van der Waals surface area contributed by atoms with Gasteiger partial charge in [0, 0.05) is 28.7 Å². The van der Waals surface area contributed by atoms with Crippen LogP contribution in [0.2, 0.25) is 0 Å². The molecule has 1 aromatic carbocycles. The summed E-state index contributed by atoms with van der Waals surface area (Å²) in [7, 11) is 0. The molecular weight excluding hydrogens is 282 g/mol. The second-order valence-corrected chi connectivity index (χ2v) is 5.64. The maximum absolute atomic E-state index is 6.02. The fourth-order valence-electron chi connectivity index (χ4n) is 2.10. The third-order valence-corrected chi connectivity index (χ3v) is 4.19. The minimum Gasteiger partial charge on any atom is -0.494 e. The van der Waals surface area contributed by atoms with Crippen LogP contribution in [-0.2, 0) is 5.75 Å². The van der Waals surface area contributed by atoms with Crippen molar-refractivity contribution in [1.29, 1.82) is 0 Å². The molecule has 2 aromatic heterocycles. The summed E-state index contributed by atoms with van der Waals surface area (Å²) >= 11 is 1.67. The summed E-state index contributed by atoms with van der Waals surface area (Å²) in [4.78, 5) is 5.61. The molecule has 108 valence electrons. The van der Waals surface area contributed by atoms with E-state index in [4.69, 9.17) is 10.5 Å². The molecule has 3 aromatic rings. The Bertz CT molecular complexity index is 721. The third kappa shape index (κ3) is 3.13. The zero-order valence-electron chi connectivity index (χ0n) is 11.8. The van der Waals surface area contributed by atoms with E-state index in [2.05, 4.69) is 4.98 Å². The molecule has 2 heterocycles. The summed E-state index contributed by atoms with van der Waals surface area (Å²) in [5.41, 5.74) is 8.79. The minimum absolute atomic E-state index is 0.653. The maximum atomic E-state index is 6.02. The first-order valence-electron chi connectivity index (χ1n) is 6.84. The highest BCUT2D eigenvalue weighted by molar-refractivity contribution is 7.98. The number of hydrogen-bond donors (Lipinski definition) is 1. The molecule has 0 atom stereocenters. The molecule has 0 amide bonds. The van der Waals surface area contributed by atoms with E-state index in [1.54, 1.807) is 11.8 Å². The normalized spacial score (nSPS) is 10.9. The lowest BCUT2D eigenvalue weighted by Crippen LogP contribution is -1.94. The van der Waals surface area contributed by atoms with Gasteiger partial charge in [-0.2, -0.15) is 0 Å². The van der Waals surface area contributed by atoms with Crippen LogP contribution >= 0.6 is 11.8 Å². The molecule has 0 radical (unpaired) electrons. The number of ether oxygens (including phenoxy) is 1. The van der Waals surface area contributed by atoms with Crippen molar-refractivity contribution < 1.29 is 4.74 Å². The molecule has 21 heavy (non-hydrogen) atoms. The van der Waals surface area contributed by atoms with Crippen LogP contribution in [0.25, 0.3) is 5.65 Å². The Kier molecular flexibility index (Phi) is 4.01. The Labute approximate surface area is 127 Å². The molecule has 2 N–H and O–H groups in total. The highest BCUT2D eigenvalue weighted by Gasteiger charge is 2.06. The largest absolute Gasteiger partial charge is 0.494 e. The van der Waals surface area contributed by atoms with Gasteiger partial charge in [0.1, 0.15) is 11.4 Å². The van der Waals surface area contributed by atoms with Crippen LogP contribution in [0, 0.1) is 0 Å². The molecule has 0 unspecified atom stereocenters. The third-order valence-electron chi connectivity index (χ3n) is 3.09. The smallest absolute Gasteiger partial charge is 0.137 e. The predicted octanol–water partition coefficient (Wildman–Crippen LogP) is 3.61. The van der Waals surface area contributed by atoms with E-state index in [0.717, 1.165) is 33.4 Å². The van der Waals surface area contributed by atoms with Crippen LogP contribution in [0.4, 0.5) is 5.69 Å². The Morgan fingerprint density at radius 3 is 3.00 bits per heavy atom. The lowest BCUT2D eigenvalue weighted by molar-refractivity contribution is 0.339. The van der Waals surface area contributed by atoms with Gasteiger partial charge in [-0.3, -0.25) is 0 Å². The van der Waals surface area contributed by atoms with E-state index >= 15 is 0 Å². The first-order valence-corrected chi connectivity index (χ1v) is 7.82. The van der Waals surface area contributed by atoms with Crippen molar-refractivity contribution in [2.45, 2.75) is 17.6 Å². The first-order chi connectivity index (χ1) is 10.3. The Morgan fingerprint density at radius 2 is 2.19 bits per heavy atom. The predicted molar refractivity (Wildman–Crippen MR) is 86.8 cm³/mol. The van der Waals surface area contributed by atoms with Crippen LogP contribution in [0.1, 0.15) is 12.6 Å². The number of nitrogens with zero attached hydrogens (tertiary/aromatic N) is 2. The SMILES string of the molecule is CCOc1ccc(N)c(SCc2cn3ccccc3n2)c1. The summed E-state index contributed by atoms with van der Waals surface area (Å²) in [6, 6.07) is 11.8. The van der Waals surface area contributed by atoms with Gasteiger partial charge >= 0.3 is 0 Å². The van der Waals surface area contributed by atoms with E-state index in [1.165, 1.54) is 0 Å². The highest BCUT2D eigenvalue weighted by Crippen LogP contribution is 2.31. The summed E-state index contributed by atoms with van der Waals surface area (Å²) in [5.74, 6) is 1.63. The number of hydrogen-bond acceptors (Lipinski definition) is 4. The van der Waals surface area contributed by atoms with Crippen LogP contribution in [0.5, 0.6) is 5.75 Å². The number of nitrogen functional groups attached to an aromatic ring is 1. The van der Waals surface area contributed by atoms with Gasteiger partial charge < -0.3 is 14.9 Å². The van der Waals surface area contributed by atoms with Crippen LogP contribution in [0.3, 0.4) is 0 Å². The Hall–Kier alpha value is -2.14. The zero-order valence-corrected chi connectivity index (χ0v) is 12.6. The zero-order chi connectivity index (χ0) is 14.7. The standard InChI is InChI=1S/C16H17N3OS/c1-2-20-13-6-7-14(17)15(9-13)21-11-12-10-19-8-4-3-5-16(19)18-12/h3-10H,2,11,17H2,1H3. The van der Waals surface area contributed by atoms with Crippen molar-refractivity contribution in [2.75, 3.05) is 12.3 Å². The fraction of sp³-hybridized carbons (Fsp3) is 0.188. The molecule has 0 saturated heterocycles. The minimum atomic E-state index is 0.653. The molecule has 0 saturated carbocycles. The number of benzene rings is 1. The van der Waals surface area contributed by atoms with E-state index < -0.39 is 0 Å². The van der Waals surface area contributed by atoms with Crippen molar-refractivity contribution in [3.05, 3.63) is 54.5 Å². The first kappa shape index (κ1) is 13.8. The molecule has 0 fully saturated rings. The second-order valence-electron chi connectivity index (χ2n) is 4.62. The van der Waals surface area contributed by atoms with Gasteiger partial charge in [0.05, 0.1) is 12.3 Å². The van der Waals surface area contributed by atoms with Gasteiger partial charge in [-0.05, 0) is 37.3 Å². The highest BCUT2D eigenvalue weighted by atomic mass is 32.2.